The number of nitrogens with zero attached hydrogens (tertiary/aromatic N) is 3. The van der Waals surface area contributed by atoms with E-state index in [9.17, 15) is 4.79 Å². The number of benzene rings is 2. The van der Waals surface area contributed by atoms with Gasteiger partial charge in [0.05, 0.1) is 23.0 Å². The Hall–Kier alpha value is -3.10. The molecule has 0 fully saturated rings. The summed E-state index contributed by atoms with van der Waals surface area (Å²) in [4.78, 5) is 12.6. The minimum absolute atomic E-state index is 0.243. The van der Waals surface area contributed by atoms with Crippen LogP contribution < -0.4 is 5.32 Å². The highest BCUT2D eigenvalue weighted by molar-refractivity contribution is 6.34. The van der Waals surface area contributed by atoms with Crippen LogP contribution in [0, 0.1) is 18.3 Å². The lowest BCUT2D eigenvalue weighted by molar-refractivity contribution is 0.102. The van der Waals surface area contributed by atoms with Crippen molar-refractivity contribution < 1.29 is 4.79 Å². The van der Waals surface area contributed by atoms with Gasteiger partial charge in [-0.25, -0.2) is 4.68 Å². The van der Waals surface area contributed by atoms with Gasteiger partial charge in [-0.2, -0.15) is 10.4 Å². The number of hydrogen-bond acceptors (Lipinski definition) is 3. The Labute approximate surface area is 144 Å². The quantitative estimate of drug-likeness (QED) is 0.787. The zero-order valence-corrected chi connectivity index (χ0v) is 13.6. The second-order valence-electron chi connectivity index (χ2n) is 5.15. The lowest BCUT2D eigenvalue weighted by atomic mass is 10.2. The minimum Gasteiger partial charge on any atom is -0.322 e. The molecule has 2 aromatic carbocycles. The summed E-state index contributed by atoms with van der Waals surface area (Å²) in [6, 6.07) is 18.1. The Kier molecular flexibility index (Phi) is 4.32. The fraction of sp³-hybridized carbons (Fsp3) is 0.0556. The summed E-state index contributed by atoms with van der Waals surface area (Å²) in [6.07, 6.45) is 0. The summed E-state index contributed by atoms with van der Waals surface area (Å²) in [5.41, 5.74) is 2.61. The van der Waals surface area contributed by atoms with Crippen LogP contribution in [-0.2, 0) is 0 Å². The van der Waals surface area contributed by atoms with Crippen LogP contribution in [-0.4, -0.2) is 15.7 Å². The van der Waals surface area contributed by atoms with E-state index < -0.39 is 0 Å². The largest absolute Gasteiger partial charge is 0.322 e. The molecular weight excluding hydrogens is 324 g/mol. The number of amides is 1. The Morgan fingerprint density at radius 2 is 1.96 bits per heavy atom. The molecule has 3 aromatic rings. The molecule has 0 unspecified atom stereocenters. The molecule has 24 heavy (non-hydrogen) atoms. The molecule has 5 nitrogen and oxygen atoms in total. The summed E-state index contributed by atoms with van der Waals surface area (Å²) in [6.45, 7) is 1.73. The second kappa shape index (κ2) is 6.57. The van der Waals surface area contributed by atoms with Crippen LogP contribution in [0.15, 0.2) is 54.6 Å². The van der Waals surface area contributed by atoms with Crippen LogP contribution >= 0.6 is 11.6 Å². The number of carbonyl (C=O) groups is 1. The third-order valence-electron chi connectivity index (χ3n) is 3.48. The van der Waals surface area contributed by atoms with Gasteiger partial charge in [0.1, 0.15) is 10.7 Å². The topological polar surface area (TPSA) is 70.7 Å². The van der Waals surface area contributed by atoms with E-state index in [0.29, 0.717) is 22.5 Å². The first-order valence-electron chi connectivity index (χ1n) is 7.22. The molecule has 1 heterocycles. The zero-order valence-electron chi connectivity index (χ0n) is 12.8. The molecule has 0 atom stereocenters. The van der Waals surface area contributed by atoms with Crippen LogP contribution in [0.1, 0.15) is 21.6 Å². The van der Waals surface area contributed by atoms with Crippen LogP contribution in [0.4, 0.5) is 5.69 Å². The molecule has 1 N–H and O–H groups in total. The molecule has 0 aliphatic carbocycles. The summed E-state index contributed by atoms with van der Waals surface area (Å²) in [5.74, 6) is -0.366. The number of para-hydroxylation sites is 1. The SMILES string of the molecule is Cc1nn(-c2ccccc2)c(Cl)c1C(=O)Nc1cccc(C#N)c1. The summed E-state index contributed by atoms with van der Waals surface area (Å²) in [7, 11) is 0. The molecule has 0 spiro atoms. The first-order valence-corrected chi connectivity index (χ1v) is 7.60. The molecule has 1 aromatic heterocycles. The lowest BCUT2D eigenvalue weighted by Crippen LogP contribution is -2.13. The average molecular weight is 337 g/mol. The van der Waals surface area contributed by atoms with Crippen LogP contribution in [0.25, 0.3) is 5.69 Å². The summed E-state index contributed by atoms with van der Waals surface area (Å²) < 4.78 is 1.53. The molecule has 6 heteroatoms. The third-order valence-corrected chi connectivity index (χ3v) is 3.83. The third kappa shape index (κ3) is 3.00. The Bertz CT molecular complexity index is 941. The van der Waals surface area contributed by atoms with Gasteiger partial charge in [-0.1, -0.05) is 35.9 Å². The standard InChI is InChI=1S/C18H13ClN4O/c1-12-16(17(19)23(22-12)15-8-3-2-4-9-15)18(24)21-14-7-5-6-13(10-14)11-20/h2-10H,1H3,(H,21,24). The molecule has 118 valence electrons. The highest BCUT2D eigenvalue weighted by Gasteiger charge is 2.21. The van der Waals surface area contributed by atoms with E-state index in [1.807, 2.05) is 36.4 Å². The van der Waals surface area contributed by atoms with Crippen molar-refractivity contribution in [3.05, 3.63) is 76.6 Å². The lowest BCUT2D eigenvalue weighted by Gasteiger charge is -2.06. The number of rotatable bonds is 3. The molecule has 0 bridgehead atoms. The zero-order chi connectivity index (χ0) is 17.1. The smallest absolute Gasteiger partial charge is 0.260 e. The first-order chi connectivity index (χ1) is 11.6. The number of aromatic nitrogens is 2. The van der Waals surface area contributed by atoms with Crippen molar-refractivity contribution in [2.75, 3.05) is 5.32 Å². The van der Waals surface area contributed by atoms with Crippen LogP contribution in [0.2, 0.25) is 5.15 Å². The molecule has 0 radical (unpaired) electrons. The maximum Gasteiger partial charge on any atom is 0.260 e. The number of nitriles is 1. The predicted molar refractivity (Wildman–Crippen MR) is 92.4 cm³/mol. The van der Waals surface area contributed by atoms with Crippen molar-refractivity contribution in [1.29, 1.82) is 5.26 Å². The number of carbonyl (C=O) groups excluding carboxylic acids is 1. The normalized spacial score (nSPS) is 10.2. The molecule has 0 saturated heterocycles. The Morgan fingerprint density at radius 3 is 2.67 bits per heavy atom. The monoisotopic (exact) mass is 336 g/mol. The van der Waals surface area contributed by atoms with E-state index in [1.165, 1.54) is 4.68 Å². The number of aryl methyl sites for hydroxylation is 1. The molecule has 3 rings (SSSR count). The van der Waals surface area contributed by atoms with Gasteiger partial charge >= 0.3 is 0 Å². The number of anilines is 1. The molecule has 0 aliphatic heterocycles. The second-order valence-corrected chi connectivity index (χ2v) is 5.50. The molecule has 1 amide bonds. The fourth-order valence-corrected chi connectivity index (χ4v) is 2.72. The van der Waals surface area contributed by atoms with Crippen molar-refractivity contribution in [1.82, 2.24) is 9.78 Å². The molecule has 0 aliphatic rings. The van der Waals surface area contributed by atoms with E-state index >= 15 is 0 Å². The van der Waals surface area contributed by atoms with E-state index in [4.69, 9.17) is 16.9 Å². The van der Waals surface area contributed by atoms with Crippen molar-refractivity contribution >= 4 is 23.2 Å². The van der Waals surface area contributed by atoms with Gasteiger partial charge in [0, 0.05) is 5.69 Å². The fourth-order valence-electron chi connectivity index (χ4n) is 2.36. The molecule has 0 saturated carbocycles. The van der Waals surface area contributed by atoms with E-state index in [2.05, 4.69) is 10.4 Å². The van der Waals surface area contributed by atoms with Gasteiger partial charge in [0.2, 0.25) is 0 Å². The van der Waals surface area contributed by atoms with Gasteiger partial charge in [0.15, 0.2) is 0 Å². The van der Waals surface area contributed by atoms with Crippen molar-refractivity contribution in [2.45, 2.75) is 6.92 Å². The summed E-state index contributed by atoms with van der Waals surface area (Å²) in [5, 5.41) is 16.3. The van der Waals surface area contributed by atoms with Crippen molar-refractivity contribution in [3.8, 4) is 11.8 Å². The van der Waals surface area contributed by atoms with E-state index in [0.717, 1.165) is 5.69 Å². The maximum absolute atomic E-state index is 12.6. The minimum atomic E-state index is -0.366. The Morgan fingerprint density at radius 1 is 1.21 bits per heavy atom. The number of halogens is 1. The van der Waals surface area contributed by atoms with Crippen LogP contribution in [0.5, 0.6) is 0 Å². The average Bonchev–Trinajstić information content (AvgIpc) is 2.90. The number of nitrogens with one attached hydrogen (secondary N) is 1. The first kappa shape index (κ1) is 15.8. The molecular formula is C18H13ClN4O. The van der Waals surface area contributed by atoms with Gasteiger partial charge in [-0.05, 0) is 37.3 Å². The van der Waals surface area contributed by atoms with Gasteiger partial charge in [0.25, 0.3) is 5.91 Å². The van der Waals surface area contributed by atoms with Crippen LogP contribution in [0.3, 0.4) is 0 Å². The summed E-state index contributed by atoms with van der Waals surface area (Å²) >= 11 is 6.37. The van der Waals surface area contributed by atoms with E-state index in [-0.39, 0.29) is 11.1 Å². The van der Waals surface area contributed by atoms with Gasteiger partial charge in [-0.3, -0.25) is 4.79 Å². The Balaban J connectivity index is 1.93. The predicted octanol–water partition coefficient (Wildman–Crippen LogP) is 3.96. The van der Waals surface area contributed by atoms with Gasteiger partial charge in [-0.15, -0.1) is 0 Å². The highest BCUT2D eigenvalue weighted by Crippen LogP contribution is 2.24. The highest BCUT2D eigenvalue weighted by atomic mass is 35.5. The van der Waals surface area contributed by atoms with Crippen molar-refractivity contribution in [3.63, 3.8) is 0 Å². The van der Waals surface area contributed by atoms with Crippen molar-refractivity contribution in [2.24, 2.45) is 0 Å². The number of hydrogen-bond donors (Lipinski definition) is 1. The van der Waals surface area contributed by atoms with Gasteiger partial charge < -0.3 is 5.32 Å². The van der Waals surface area contributed by atoms with E-state index in [1.54, 1.807) is 31.2 Å². The maximum atomic E-state index is 12.6.